The molecule has 17 nitrogen and oxygen atoms in total. The molecule has 4 aromatic carbocycles. The monoisotopic (exact) mass is 729 g/mol. The normalized spacial score (nSPS) is 12.6. The molecule has 0 heterocycles. The number of nitrogens with zero attached hydrogens (tertiary/aromatic N) is 1. The summed E-state index contributed by atoms with van der Waals surface area (Å²) in [5.74, 6) is -0.824. The number of nitro benzene ring substituents is 1. The molecule has 0 aliphatic carbocycles. The summed E-state index contributed by atoms with van der Waals surface area (Å²) < 4.78 is 130. The van der Waals surface area contributed by atoms with Gasteiger partial charge in [0.05, 0.1) is 25.3 Å². The third-order valence-corrected chi connectivity index (χ3v) is 10.7. The van der Waals surface area contributed by atoms with Crippen LogP contribution in [0.3, 0.4) is 0 Å². The Hall–Kier alpha value is -4.51. The van der Waals surface area contributed by atoms with E-state index in [1.807, 2.05) is 4.72 Å². The number of fused-ring (bicyclic) bond motifs is 1. The van der Waals surface area contributed by atoms with Crippen LogP contribution in [0.15, 0.2) is 74.2 Å². The number of hydrogen-bond acceptors (Lipinski definition) is 11. The SMILES string of the molecule is Cc1ccc(S(=O)(=O)Nc2cc(S(=O)(=O)O)cc3cc(S(=O)(=O)O)cc(S(=O)(=O)O)c23)cc1NC(=O)c1cc([N+](=O)[O-])c(C)cc1C. The standard InChI is InChI=1S/C26H23N3O14S4/c1-13-4-5-17(9-21(13)27-26(30)20-12-23(29(31)32)15(3)6-14(20)2)44(33,34)28-22-10-18(45(35,36)37)7-16-8-19(46(38,39)40)11-24(25(16)22)47(41,42)43/h4-12,28H,1-3H3,(H,27,30)(H,35,36,37)(H,38,39,40)(H,41,42,43). The highest BCUT2D eigenvalue weighted by molar-refractivity contribution is 7.92. The van der Waals surface area contributed by atoms with Crippen LogP contribution in [0.4, 0.5) is 17.1 Å². The van der Waals surface area contributed by atoms with Gasteiger partial charge in [0.15, 0.2) is 0 Å². The topological polar surface area (TPSA) is 282 Å². The van der Waals surface area contributed by atoms with Crippen molar-refractivity contribution in [3.05, 3.63) is 87.0 Å². The molecular weight excluding hydrogens is 707 g/mol. The molecule has 1 amide bonds. The minimum Gasteiger partial charge on any atom is -0.322 e. The molecule has 0 spiro atoms. The Morgan fingerprint density at radius 2 is 1.23 bits per heavy atom. The van der Waals surface area contributed by atoms with E-state index in [9.17, 15) is 62.2 Å². The van der Waals surface area contributed by atoms with Crippen LogP contribution in [0, 0.1) is 30.9 Å². The summed E-state index contributed by atoms with van der Waals surface area (Å²) in [6.45, 7) is 4.52. The summed E-state index contributed by atoms with van der Waals surface area (Å²) in [7, 11) is -20.5. The van der Waals surface area contributed by atoms with E-state index in [2.05, 4.69) is 5.32 Å². The minimum atomic E-state index is -5.38. The predicted octanol–water partition coefficient (Wildman–Crippen LogP) is 3.47. The third-order valence-electron chi connectivity index (χ3n) is 6.83. The van der Waals surface area contributed by atoms with Gasteiger partial charge in [-0.25, -0.2) is 8.42 Å². The summed E-state index contributed by atoms with van der Waals surface area (Å²) in [5, 5.41) is 12.5. The van der Waals surface area contributed by atoms with Gasteiger partial charge in [-0.1, -0.05) is 6.07 Å². The molecule has 5 N–H and O–H groups in total. The first-order valence-electron chi connectivity index (χ1n) is 12.6. The number of aryl methyl sites for hydroxylation is 3. The quantitative estimate of drug-likeness (QED) is 0.0937. The van der Waals surface area contributed by atoms with Gasteiger partial charge in [0.2, 0.25) is 0 Å². The van der Waals surface area contributed by atoms with Crippen molar-refractivity contribution >= 4 is 74.1 Å². The maximum atomic E-state index is 13.6. The molecule has 0 saturated heterocycles. The lowest BCUT2D eigenvalue weighted by Gasteiger charge is -2.16. The molecule has 0 unspecified atom stereocenters. The van der Waals surface area contributed by atoms with Crippen LogP contribution in [-0.4, -0.2) is 58.2 Å². The van der Waals surface area contributed by atoms with E-state index >= 15 is 0 Å². The van der Waals surface area contributed by atoms with Gasteiger partial charge in [-0.3, -0.25) is 33.3 Å². The van der Waals surface area contributed by atoms with Crippen molar-refractivity contribution in [3.8, 4) is 0 Å². The number of hydrogen-bond donors (Lipinski definition) is 5. The van der Waals surface area contributed by atoms with Crippen LogP contribution < -0.4 is 10.0 Å². The van der Waals surface area contributed by atoms with Crippen LogP contribution in [0.2, 0.25) is 0 Å². The molecule has 0 bridgehead atoms. The number of nitrogens with one attached hydrogen (secondary N) is 2. The van der Waals surface area contributed by atoms with Gasteiger partial charge in [-0.2, -0.15) is 25.3 Å². The fourth-order valence-electron chi connectivity index (χ4n) is 4.58. The van der Waals surface area contributed by atoms with Crippen LogP contribution >= 0.6 is 0 Å². The summed E-state index contributed by atoms with van der Waals surface area (Å²) in [6, 6.07) is 7.73. The van der Waals surface area contributed by atoms with Gasteiger partial charge in [0, 0.05) is 28.3 Å². The number of rotatable bonds is 9. The second-order valence-electron chi connectivity index (χ2n) is 10.2. The van der Waals surface area contributed by atoms with E-state index in [4.69, 9.17) is 0 Å². The number of carbonyl (C=O) groups is 1. The highest BCUT2D eigenvalue weighted by atomic mass is 32.2. The molecule has 0 fully saturated rings. The Morgan fingerprint density at radius 3 is 1.77 bits per heavy atom. The zero-order valence-corrected chi connectivity index (χ0v) is 27.4. The first-order chi connectivity index (χ1) is 21.4. The summed E-state index contributed by atoms with van der Waals surface area (Å²) in [6.07, 6.45) is 0. The molecule has 0 atom stereocenters. The number of nitro groups is 1. The number of sulfonamides is 1. The lowest BCUT2D eigenvalue weighted by atomic mass is 10.0. The predicted molar refractivity (Wildman–Crippen MR) is 166 cm³/mol. The molecule has 0 radical (unpaired) electrons. The van der Waals surface area contributed by atoms with Crippen LogP contribution in [0.1, 0.15) is 27.0 Å². The third kappa shape index (κ3) is 7.40. The van der Waals surface area contributed by atoms with E-state index in [0.29, 0.717) is 41.0 Å². The number of amides is 1. The average molecular weight is 730 g/mol. The van der Waals surface area contributed by atoms with Crippen molar-refractivity contribution in [2.75, 3.05) is 10.0 Å². The molecule has 4 rings (SSSR count). The minimum absolute atomic E-state index is 0.0755. The van der Waals surface area contributed by atoms with Crippen molar-refractivity contribution < 1.29 is 57.0 Å². The largest absolute Gasteiger partial charge is 0.322 e. The van der Waals surface area contributed by atoms with Crippen molar-refractivity contribution in [1.29, 1.82) is 0 Å². The fourth-order valence-corrected chi connectivity index (χ4v) is 7.59. The Bertz CT molecular complexity index is 2470. The highest BCUT2D eigenvalue weighted by Crippen LogP contribution is 2.37. The second-order valence-corrected chi connectivity index (χ2v) is 16.1. The molecule has 0 aliphatic rings. The smallest absolute Gasteiger partial charge is 0.295 e. The molecule has 21 heteroatoms. The molecule has 4 aromatic rings. The van der Waals surface area contributed by atoms with E-state index in [1.165, 1.54) is 32.9 Å². The lowest BCUT2D eigenvalue weighted by molar-refractivity contribution is -0.385. The number of benzene rings is 4. The number of carbonyl (C=O) groups excluding carboxylic acids is 1. The van der Waals surface area contributed by atoms with E-state index < -0.39 is 87.2 Å². The highest BCUT2D eigenvalue weighted by Gasteiger charge is 2.27. The Kier molecular flexibility index (Phi) is 8.98. The second kappa shape index (κ2) is 11.9. The van der Waals surface area contributed by atoms with E-state index in [0.717, 1.165) is 18.2 Å². The zero-order valence-electron chi connectivity index (χ0n) is 24.1. The summed E-state index contributed by atoms with van der Waals surface area (Å²) in [5.41, 5.74) is -0.329. The average Bonchev–Trinajstić information content (AvgIpc) is 2.91. The van der Waals surface area contributed by atoms with Gasteiger partial charge in [0.25, 0.3) is 52.0 Å². The molecule has 250 valence electrons. The van der Waals surface area contributed by atoms with E-state index in [-0.39, 0.29) is 16.9 Å². The maximum Gasteiger partial charge on any atom is 0.295 e. The lowest BCUT2D eigenvalue weighted by Crippen LogP contribution is -2.17. The molecule has 0 saturated carbocycles. The summed E-state index contributed by atoms with van der Waals surface area (Å²) in [4.78, 5) is 19.8. The van der Waals surface area contributed by atoms with Gasteiger partial charge >= 0.3 is 0 Å². The van der Waals surface area contributed by atoms with Gasteiger partial charge in [0.1, 0.15) is 4.90 Å². The van der Waals surface area contributed by atoms with Crippen molar-refractivity contribution in [2.24, 2.45) is 0 Å². The maximum absolute atomic E-state index is 13.6. The molecule has 0 aliphatic heterocycles. The summed E-state index contributed by atoms with van der Waals surface area (Å²) >= 11 is 0. The number of anilines is 2. The van der Waals surface area contributed by atoms with Gasteiger partial charge in [-0.05, 0) is 79.7 Å². The first-order valence-corrected chi connectivity index (χ1v) is 18.5. The van der Waals surface area contributed by atoms with E-state index in [1.54, 1.807) is 0 Å². The van der Waals surface area contributed by atoms with Gasteiger partial charge < -0.3 is 5.32 Å². The Labute approximate surface area is 267 Å². The van der Waals surface area contributed by atoms with Crippen molar-refractivity contribution in [1.82, 2.24) is 0 Å². The Balaban J connectivity index is 1.87. The Morgan fingerprint density at radius 1 is 0.681 bits per heavy atom. The fraction of sp³-hybridized carbons (Fsp3) is 0.115. The van der Waals surface area contributed by atoms with Crippen LogP contribution in [-0.2, 0) is 40.4 Å². The van der Waals surface area contributed by atoms with Crippen LogP contribution in [0.25, 0.3) is 10.8 Å². The van der Waals surface area contributed by atoms with Crippen molar-refractivity contribution in [3.63, 3.8) is 0 Å². The van der Waals surface area contributed by atoms with Crippen LogP contribution in [0.5, 0.6) is 0 Å². The molecular formula is C26H23N3O14S4. The first kappa shape index (κ1) is 35.3. The molecule has 0 aromatic heterocycles. The van der Waals surface area contributed by atoms with Gasteiger partial charge in [-0.15, -0.1) is 0 Å². The molecule has 47 heavy (non-hydrogen) atoms. The van der Waals surface area contributed by atoms with Crippen molar-refractivity contribution in [2.45, 2.75) is 40.4 Å². The zero-order chi connectivity index (χ0) is 35.4.